The summed E-state index contributed by atoms with van der Waals surface area (Å²) in [4.78, 5) is 2.61. The highest BCUT2D eigenvalue weighted by atomic mass is 35.5. The summed E-state index contributed by atoms with van der Waals surface area (Å²) >= 11 is 12.5. The highest BCUT2D eigenvalue weighted by Gasteiger charge is 2.35. The lowest BCUT2D eigenvalue weighted by atomic mass is 9.97. The molecule has 0 amide bonds. The van der Waals surface area contributed by atoms with E-state index in [0.29, 0.717) is 6.04 Å². The van der Waals surface area contributed by atoms with Gasteiger partial charge in [-0.15, -0.1) is 0 Å². The molecule has 1 N–H and O–H groups in total. The van der Waals surface area contributed by atoms with Crippen molar-refractivity contribution in [2.24, 2.45) is 0 Å². The van der Waals surface area contributed by atoms with Crippen molar-refractivity contribution in [3.8, 4) is 0 Å². The van der Waals surface area contributed by atoms with Gasteiger partial charge in [-0.1, -0.05) is 30.1 Å². The van der Waals surface area contributed by atoms with Crippen LogP contribution in [0.15, 0.2) is 18.2 Å². The van der Waals surface area contributed by atoms with Crippen LogP contribution in [-0.4, -0.2) is 29.6 Å². The SMILES string of the molecule is CCCN(Cc1cc(Cl)ccc1Cl)C1CC2CCC(C1)N2. The molecule has 0 radical (unpaired) electrons. The Balaban J connectivity index is 1.73. The molecular formula is C17H24Cl2N2. The van der Waals surface area contributed by atoms with Crippen LogP contribution in [0, 0.1) is 0 Å². The third-order valence-corrected chi connectivity index (χ3v) is 5.46. The molecule has 1 aromatic carbocycles. The van der Waals surface area contributed by atoms with Gasteiger partial charge < -0.3 is 5.32 Å². The van der Waals surface area contributed by atoms with Crippen LogP contribution >= 0.6 is 23.2 Å². The van der Waals surface area contributed by atoms with Crippen LogP contribution in [-0.2, 0) is 6.54 Å². The van der Waals surface area contributed by atoms with E-state index in [1.165, 1.54) is 32.1 Å². The van der Waals surface area contributed by atoms with Crippen molar-refractivity contribution >= 4 is 23.2 Å². The Morgan fingerprint density at radius 1 is 1.19 bits per heavy atom. The summed E-state index contributed by atoms with van der Waals surface area (Å²) in [6.07, 6.45) is 6.42. The Labute approximate surface area is 137 Å². The minimum absolute atomic E-state index is 0.679. The predicted octanol–water partition coefficient (Wildman–Crippen LogP) is 4.49. The normalized spacial score (nSPS) is 28.3. The van der Waals surface area contributed by atoms with E-state index >= 15 is 0 Å². The standard InChI is InChI=1S/C17H24Cl2N2/c1-2-7-21(11-12-8-13(18)3-6-17(12)19)16-9-14-4-5-15(10-16)20-14/h3,6,8,14-16,20H,2,4-5,7,9-11H2,1H3. The molecule has 21 heavy (non-hydrogen) atoms. The Hall–Kier alpha value is -0.280. The van der Waals surface area contributed by atoms with Gasteiger partial charge in [-0.2, -0.15) is 0 Å². The monoisotopic (exact) mass is 326 g/mol. The van der Waals surface area contributed by atoms with E-state index in [9.17, 15) is 0 Å². The Bertz CT molecular complexity index is 480. The van der Waals surface area contributed by atoms with Crippen molar-refractivity contribution < 1.29 is 0 Å². The fourth-order valence-corrected chi connectivity index (χ4v) is 4.26. The minimum atomic E-state index is 0.679. The summed E-state index contributed by atoms with van der Waals surface area (Å²) in [6, 6.07) is 7.92. The first kappa shape index (κ1) is 15.6. The van der Waals surface area contributed by atoms with Crippen molar-refractivity contribution in [2.75, 3.05) is 6.54 Å². The van der Waals surface area contributed by atoms with Crippen molar-refractivity contribution in [3.63, 3.8) is 0 Å². The molecule has 2 unspecified atom stereocenters. The average Bonchev–Trinajstić information content (AvgIpc) is 2.81. The topological polar surface area (TPSA) is 15.3 Å². The third-order valence-electron chi connectivity index (χ3n) is 4.86. The summed E-state index contributed by atoms with van der Waals surface area (Å²) in [6.45, 7) is 4.30. The lowest BCUT2D eigenvalue weighted by Crippen LogP contribution is -2.48. The number of benzene rings is 1. The van der Waals surface area contributed by atoms with E-state index in [1.54, 1.807) is 0 Å². The van der Waals surface area contributed by atoms with Crippen LogP contribution in [0.3, 0.4) is 0 Å². The largest absolute Gasteiger partial charge is 0.311 e. The Morgan fingerprint density at radius 2 is 1.90 bits per heavy atom. The third kappa shape index (κ3) is 3.73. The number of halogens is 2. The maximum absolute atomic E-state index is 6.35. The molecule has 0 aliphatic carbocycles. The van der Waals surface area contributed by atoms with Gasteiger partial charge in [0.05, 0.1) is 0 Å². The molecule has 3 rings (SSSR count). The van der Waals surface area contributed by atoms with E-state index in [4.69, 9.17) is 23.2 Å². The second-order valence-electron chi connectivity index (χ2n) is 6.47. The molecule has 2 nitrogen and oxygen atoms in total. The number of hydrogen-bond acceptors (Lipinski definition) is 2. The van der Waals surface area contributed by atoms with Gasteiger partial charge in [-0.05, 0) is 62.4 Å². The molecule has 2 aliphatic heterocycles. The first-order valence-corrected chi connectivity index (χ1v) is 8.85. The Morgan fingerprint density at radius 3 is 2.57 bits per heavy atom. The maximum atomic E-state index is 6.35. The Kier molecular flexibility index (Phi) is 5.11. The van der Waals surface area contributed by atoms with Crippen LogP contribution in [0.1, 0.15) is 44.6 Å². The lowest BCUT2D eigenvalue weighted by Gasteiger charge is -2.38. The van der Waals surface area contributed by atoms with Gasteiger partial charge in [-0.3, -0.25) is 4.90 Å². The fraction of sp³-hybridized carbons (Fsp3) is 0.647. The van der Waals surface area contributed by atoms with Crippen LogP contribution in [0.25, 0.3) is 0 Å². The number of nitrogens with zero attached hydrogens (tertiary/aromatic N) is 1. The molecule has 116 valence electrons. The molecule has 2 fully saturated rings. The molecule has 0 spiro atoms. The van der Waals surface area contributed by atoms with Gasteiger partial charge in [-0.25, -0.2) is 0 Å². The van der Waals surface area contributed by atoms with Crippen molar-refractivity contribution in [1.82, 2.24) is 10.2 Å². The molecular weight excluding hydrogens is 303 g/mol. The zero-order valence-electron chi connectivity index (χ0n) is 12.6. The minimum Gasteiger partial charge on any atom is -0.311 e. The number of hydrogen-bond donors (Lipinski definition) is 1. The first-order chi connectivity index (χ1) is 10.2. The second kappa shape index (κ2) is 6.87. The molecule has 2 heterocycles. The van der Waals surface area contributed by atoms with Gasteiger partial charge in [0, 0.05) is 34.7 Å². The van der Waals surface area contributed by atoms with Gasteiger partial charge in [0.15, 0.2) is 0 Å². The second-order valence-corrected chi connectivity index (χ2v) is 7.31. The molecule has 2 aliphatic rings. The number of rotatable bonds is 5. The van der Waals surface area contributed by atoms with Crippen LogP contribution < -0.4 is 5.32 Å². The predicted molar refractivity (Wildman–Crippen MR) is 90.1 cm³/mol. The molecule has 1 aromatic rings. The quantitative estimate of drug-likeness (QED) is 0.857. The summed E-state index contributed by atoms with van der Waals surface area (Å²) in [7, 11) is 0. The number of nitrogens with one attached hydrogen (secondary N) is 1. The van der Waals surface area contributed by atoms with E-state index in [0.717, 1.165) is 40.8 Å². The van der Waals surface area contributed by atoms with Crippen LogP contribution in [0.4, 0.5) is 0 Å². The summed E-state index contributed by atoms with van der Waals surface area (Å²) in [5.41, 5.74) is 1.16. The molecule has 0 saturated carbocycles. The highest BCUT2D eigenvalue weighted by molar-refractivity contribution is 6.33. The molecule has 4 heteroatoms. The van der Waals surface area contributed by atoms with Crippen molar-refractivity contribution in [1.29, 1.82) is 0 Å². The van der Waals surface area contributed by atoms with E-state index in [2.05, 4.69) is 17.1 Å². The maximum Gasteiger partial charge on any atom is 0.0452 e. The van der Waals surface area contributed by atoms with Crippen LogP contribution in [0.5, 0.6) is 0 Å². The molecule has 0 aromatic heterocycles. The smallest absolute Gasteiger partial charge is 0.0452 e. The van der Waals surface area contributed by atoms with Gasteiger partial charge in [0.25, 0.3) is 0 Å². The summed E-state index contributed by atoms with van der Waals surface area (Å²) in [5, 5.41) is 5.33. The van der Waals surface area contributed by atoms with Gasteiger partial charge in [0.1, 0.15) is 0 Å². The molecule has 2 saturated heterocycles. The summed E-state index contributed by atoms with van der Waals surface area (Å²) in [5.74, 6) is 0. The number of piperidine rings is 1. The van der Waals surface area contributed by atoms with Crippen molar-refractivity contribution in [3.05, 3.63) is 33.8 Å². The van der Waals surface area contributed by atoms with Gasteiger partial charge in [0.2, 0.25) is 0 Å². The molecule has 2 bridgehead atoms. The van der Waals surface area contributed by atoms with E-state index < -0.39 is 0 Å². The first-order valence-electron chi connectivity index (χ1n) is 8.09. The lowest BCUT2D eigenvalue weighted by molar-refractivity contribution is 0.134. The average molecular weight is 327 g/mol. The fourth-order valence-electron chi connectivity index (χ4n) is 3.89. The summed E-state index contributed by atoms with van der Waals surface area (Å²) < 4.78 is 0. The van der Waals surface area contributed by atoms with Gasteiger partial charge >= 0.3 is 0 Å². The highest BCUT2D eigenvalue weighted by Crippen LogP contribution is 2.31. The zero-order valence-corrected chi connectivity index (χ0v) is 14.1. The number of fused-ring (bicyclic) bond motifs is 2. The van der Waals surface area contributed by atoms with Crippen molar-refractivity contribution in [2.45, 2.75) is 63.7 Å². The zero-order chi connectivity index (χ0) is 14.8. The van der Waals surface area contributed by atoms with Crippen LogP contribution in [0.2, 0.25) is 10.0 Å². The van der Waals surface area contributed by atoms with E-state index in [1.807, 2.05) is 18.2 Å². The molecule has 2 atom stereocenters. The van der Waals surface area contributed by atoms with E-state index in [-0.39, 0.29) is 0 Å².